The van der Waals surface area contributed by atoms with E-state index in [4.69, 9.17) is 21.1 Å². The van der Waals surface area contributed by atoms with E-state index < -0.39 is 5.97 Å². The largest absolute Gasteiger partial charge is 0.462 e. The third-order valence-electron chi connectivity index (χ3n) is 5.37. The van der Waals surface area contributed by atoms with Gasteiger partial charge in [0, 0.05) is 30.7 Å². The molecule has 0 unspecified atom stereocenters. The molecule has 0 saturated heterocycles. The number of hydrogen-bond acceptors (Lipinski definition) is 4. The summed E-state index contributed by atoms with van der Waals surface area (Å²) in [4.78, 5) is 27.5. The van der Waals surface area contributed by atoms with Crippen LogP contribution in [0.25, 0.3) is 11.8 Å². The Balaban J connectivity index is 2.11. The average Bonchev–Trinajstić information content (AvgIpc) is 3.13. The number of amides is 1. The van der Waals surface area contributed by atoms with Crippen molar-refractivity contribution < 1.29 is 19.1 Å². The molecule has 2 aromatic rings. The van der Waals surface area contributed by atoms with E-state index in [1.165, 1.54) is 0 Å². The number of esters is 1. The molecule has 0 atom stereocenters. The topological polar surface area (TPSA) is 60.8 Å². The van der Waals surface area contributed by atoms with E-state index in [9.17, 15) is 9.59 Å². The number of hydrogen-bond donors (Lipinski definition) is 0. The van der Waals surface area contributed by atoms with E-state index in [0.717, 1.165) is 22.6 Å². The molecule has 0 spiro atoms. The molecule has 0 fully saturated rings. The summed E-state index contributed by atoms with van der Waals surface area (Å²) in [5, 5.41) is 0.633. The fourth-order valence-electron chi connectivity index (χ4n) is 3.87. The van der Waals surface area contributed by atoms with Gasteiger partial charge >= 0.3 is 5.97 Å². The molecule has 1 aromatic carbocycles. The van der Waals surface area contributed by atoms with Gasteiger partial charge in [-0.1, -0.05) is 23.7 Å². The second-order valence-electron chi connectivity index (χ2n) is 7.30. The summed E-state index contributed by atoms with van der Waals surface area (Å²) in [5.74, 6) is -0.737. The van der Waals surface area contributed by atoms with E-state index in [-0.39, 0.29) is 12.5 Å². The van der Waals surface area contributed by atoms with Gasteiger partial charge in [0.15, 0.2) is 0 Å². The van der Waals surface area contributed by atoms with E-state index in [0.29, 0.717) is 35.0 Å². The molecule has 1 amide bonds. The Labute approximate surface area is 187 Å². The number of nitrogens with zero attached hydrogens (tertiary/aromatic N) is 2. The van der Waals surface area contributed by atoms with Crippen molar-refractivity contribution in [2.24, 2.45) is 0 Å². The monoisotopic (exact) mass is 442 g/mol. The molecule has 0 saturated carbocycles. The first-order valence-electron chi connectivity index (χ1n) is 10.2. The second-order valence-corrected chi connectivity index (χ2v) is 7.71. The molecule has 0 radical (unpaired) electrons. The zero-order valence-electron chi connectivity index (χ0n) is 18.5. The number of aryl methyl sites for hydroxylation is 1. The first-order chi connectivity index (χ1) is 14.8. The van der Waals surface area contributed by atoms with Crippen molar-refractivity contribution in [2.45, 2.75) is 27.7 Å². The van der Waals surface area contributed by atoms with Gasteiger partial charge in [0.1, 0.15) is 0 Å². The lowest BCUT2D eigenvalue weighted by molar-refractivity contribution is -0.138. The number of ether oxygens (including phenoxy) is 2. The van der Waals surface area contributed by atoms with Crippen LogP contribution in [0.1, 0.15) is 30.8 Å². The molecule has 1 aromatic heterocycles. The molecule has 3 rings (SSSR count). The fourth-order valence-corrected chi connectivity index (χ4v) is 4.09. The molecule has 1 aliphatic heterocycles. The lowest BCUT2D eigenvalue weighted by Crippen LogP contribution is -2.28. The van der Waals surface area contributed by atoms with Crippen LogP contribution in [0.5, 0.6) is 0 Å². The van der Waals surface area contributed by atoms with Crippen molar-refractivity contribution in [2.75, 3.05) is 26.9 Å². The highest BCUT2D eigenvalue weighted by Crippen LogP contribution is 2.33. The molecule has 31 heavy (non-hydrogen) atoms. The Morgan fingerprint density at radius 3 is 2.55 bits per heavy atom. The molecule has 6 nitrogen and oxygen atoms in total. The number of allylic oxidation sites excluding steroid dienone is 1. The standard InChI is InChI=1S/C24H27ClN2O4/c1-6-31-24(29)22-17(4)26(11-12-30-5)23(28)19(22)14-18-13-15(2)27(16(18)3)21-10-8-7-9-20(21)25/h7-10,13-14H,6,11-12H2,1-5H3/b19-14-. The molecule has 164 valence electrons. The van der Waals surface area contributed by atoms with Crippen molar-refractivity contribution in [3.05, 3.63) is 69.1 Å². The van der Waals surface area contributed by atoms with Crippen LogP contribution in [0.2, 0.25) is 5.02 Å². The van der Waals surface area contributed by atoms with E-state index in [1.54, 1.807) is 31.9 Å². The molecule has 2 heterocycles. The van der Waals surface area contributed by atoms with Crippen molar-refractivity contribution >= 4 is 29.6 Å². The summed E-state index contributed by atoms with van der Waals surface area (Å²) in [6.45, 7) is 8.41. The molecule has 0 bridgehead atoms. The van der Waals surface area contributed by atoms with Crippen LogP contribution in [0.15, 0.2) is 47.2 Å². The zero-order valence-corrected chi connectivity index (χ0v) is 19.2. The first-order valence-corrected chi connectivity index (χ1v) is 10.5. The highest BCUT2D eigenvalue weighted by Gasteiger charge is 2.37. The third kappa shape index (κ3) is 4.31. The highest BCUT2D eigenvalue weighted by molar-refractivity contribution is 6.32. The van der Waals surface area contributed by atoms with Crippen molar-refractivity contribution in [3.8, 4) is 5.69 Å². The Hall–Kier alpha value is -2.83. The Morgan fingerprint density at radius 1 is 1.19 bits per heavy atom. The number of carbonyl (C=O) groups is 2. The van der Waals surface area contributed by atoms with Crippen LogP contribution < -0.4 is 0 Å². The van der Waals surface area contributed by atoms with Gasteiger partial charge in [-0.15, -0.1) is 0 Å². The number of halogens is 1. The van der Waals surface area contributed by atoms with Crippen LogP contribution in [0, 0.1) is 13.8 Å². The summed E-state index contributed by atoms with van der Waals surface area (Å²) in [6.07, 6.45) is 1.76. The maximum atomic E-state index is 13.2. The van der Waals surface area contributed by atoms with Crippen LogP contribution >= 0.6 is 11.6 Å². The normalized spacial score (nSPS) is 15.4. The number of rotatable bonds is 7. The van der Waals surface area contributed by atoms with E-state index in [1.807, 2.05) is 48.7 Å². The van der Waals surface area contributed by atoms with Crippen LogP contribution in [0.3, 0.4) is 0 Å². The van der Waals surface area contributed by atoms with Gasteiger partial charge in [0.25, 0.3) is 5.91 Å². The second kappa shape index (κ2) is 9.54. The molecule has 0 N–H and O–H groups in total. The minimum absolute atomic E-state index is 0.232. The minimum atomic E-state index is -0.501. The summed E-state index contributed by atoms with van der Waals surface area (Å²) in [5.41, 5.74) is 4.79. The minimum Gasteiger partial charge on any atom is -0.462 e. The number of benzene rings is 1. The van der Waals surface area contributed by atoms with Gasteiger partial charge in [-0.2, -0.15) is 0 Å². The maximum Gasteiger partial charge on any atom is 0.340 e. The predicted octanol–water partition coefficient (Wildman–Crippen LogP) is 4.46. The van der Waals surface area contributed by atoms with Gasteiger partial charge in [-0.05, 0) is 57.5 Å². The summed E-state index contributed by atoms with van der Waals surface area (Å²) in [6, 6.07) is 9.58. The van der Waals surface area contributed by atoms with Crippen LogP contribution in [-0.4, -0.2) is 48.2 Å². The number of methoxy groups -OCH3 is 1. The zero-order chi connectivity index (χ0) is 22.7. The van der Waals surface area contributed by atoms with Gasteiger partial charge in [-0.25, -0.2) is 4.79 Å². The van der Waals surface area contributed by atoms with E-state index >= 15 is 0 Å². The summed E-state index contributed by atoms with van der Waals surface area (Å²) < 4.78 is 12.4. The van der Waals surface area contributed by atoms with Crippen molar-refractivity contribution in [1.29, 1.82) is 0 Å². The van der Waals surface area contributed by atoms with Gasteiger partial charge < -0.3 is 18.9 Å². The Kier molecular flexibility index (Phi) is 7.03. The smallest absolute Gasteiger partial charge is 0.340 e. The van der Waals surface area contributed by atoms with Gasteiger partial charge in [-0.3, -0.25) is 4.79 Å². The van der Waals surface area contributed by atoms with Gasteiger partial charge in [0.2, 0.25) is 0 Å². The quantitative estimate of drug-likeness (QED) is 0.469. The highest BCUT2D eigenvalue weighted by atomic mass is 35.5. The Bertz CT molecular complexity index is 1080. The van der Waals surface area contributed by atoms with E-state index in [2.05, 4.69) is 0 Å². The lowest BCUT2D eigenvalue weighted by atomic mass is 10.0. The van der Waals surface area contributed by atoms with Crippen LogP contribution in [0.4, 0.5) is 0 Å². The molecule has 1 aliphatic rings. The fraction of sp³-hybridized carbons (Fsp3) is 0.333. The molecular formula is C24H27ClN2O4. The number of carbonyl (C=O) groups excluding carboxylic acids is 2. The first kappa shape index (κ1) is 22.8. The van der Waals surface area contributed by atoms with Gasteiger partial charge in [0.05, 0.1) is 35.1 Å². The lowest BCUT2D eigenvalue weighted by Gasteiger charge is -2.16. The molecule has 7 heteroatoms. The van der Waals surface area contributed by atoms with Crippen molar-refractivity contribution in [3.63, 3.8) is 0 Å². The number of para-hydroxylation sites is 1. The average molecular weight is 443 g/mol. The third-order valence-corrected chi connectivity index (χ3v) is 5.69. The number of aromatic nitrogens is 1. The van der Waals surface area contributed by atoms with Crippen LogP contribution in [-0.2, 0) is 19.1 Å². The van der Waals surface area contributed by atoms with Crippen molar-refractivity contribution in [1.82, 2.24) is 9.47 Å². The predicted molar refractivity (Wildman–Crippen MR) is 121 cm³/mol. The SMILES string of the molecule is CCOC(=O)C1=C(C)N(CCOC)C(=O)/C1=C\c1cc(C)n(-c2ccccc2Cl)c1C. The maximum absolute atomic E-state index is 13.2. The summed E-state index contributed by atoms with van der Waals surface area (Å²) in [7, 11) is 1.58. The Morgan fingerprint density at radius 2 is 1.90 bits per heavy atom. The molecule has 0 aliphatic carbocycles. The molecular weight excluding hydrogens is 416 g/mol. The summed E-state index contributed by atoms with van der Waals surface area (Å²) >= 11 is 6.41.